The fourth-order valence-electron chi connectivity index (χ4n) is 3.16. The van der Waals surface area contributed by atoms with Crippen LogP contribution in [0.2, 0.25) is 0 Å². The topological polar surface area (TPSA) is 72.8 Å². The molecule has 3 aromatic rings. The van der Waals surface area contributed by atoms with E-state index in [1.165, 1.54) is 18.2 Å². The van der Waals surface area contributed by atoms with E-state index < -0.39 is 23.5 Å². The summed E-state index contributed by atoms with van der Waals surface area (Å²) >= 11 is 0. The van der Waals surface area contributed by atoms with Crippen LogP contribution in [0.15, 0.2) is 48.5 Å². The fourth-order valence-corrected chi connectivity index (χ4v) is 3.16. The zero-order chi connectivity index (χ0) is 20.3. The molecule has 0 radical (unpaired) electrons. The van der Waals surface area contributed by atoms with E-state index in [1.54, 1.807) is 44.2 Å². The molecule has 1 N–H and O–H groups in total. The lowest BCUT2D eigenvalue weighted by Gasteiger charge is -2.18. The lowest BCUT2D eigenvalue weighted by molar-refractivity contribution is 0.0477. The van der Waals surface area contributed by atoms with Crippen molar-refractivity contribution in [3.63, 3.8) is 0 Å². The standard InChI is InChI=1S/C22H19FO5/c1-3-27-21(25)18-17(13-8-6-5-7-9-13)16-12-14(23)10-11-15(16)20(24)19(18)22(26)28-4-2/h5-12,24H,3-4H2,1-2H3. The molecule has 0 aliphatic carbocycles. The number of phenols is 1. The minimum absolute atomic E-state index is 0.0582. The molecule has 0 bridgehead atoms. The number of carbonyl (C=O) groups is 2. The highest BCUT2D eigenvalue weighted by Gasteiger charge is 2.30. The van der Waals surface area contributed by atoms with Crippen LogP contribution < -0.4 is 0 Å². The Balaban J connectivity index is 2.52. The molecular weight excluding hydrogens is 363 g/mol. The van der Waals surface area contributed by atoms with Crippen molar-refractivity contribution >= 4 is 22.7 Å². The molecule has 5 nitrogen and oxygen atoms in total. The highest BCUT2D eigenvalue weighted by atomic mass is 19.1. The maximum Gasteiger partial charge on any atom is 0.342 e. The Morgan fingerprint density at radius 2 is 1.50 bits per heavy atom. The lowest BCUT2D eigenvalue weighted by Crippen LogP contribution is -2.16. The predicted molar refractivity (Wildman–Crippen MR) is 103 cm³/mol. The molecule has 144 valence electrons. The molecule has 0 aromatic heterocycles. The zero-order valence-electron chi connectivity index (χ0n) is 15.5. The predicted octanol–water partition coefficient (Wildman–Crippen LogP) is 4.70. The quantitative estimate of drug-likeness (QED) is 0.647. The van der Waals surface area contributed by atoms with Crippen molar-refractivity contribution in [3.05, 3.63) is 65.5 Å². The van der Waals surface area contributed by atoms with Gasteiger partial charge in [0.2, 0.25) is 0 Å². The first kappa shape index (κ1) is 19.4. The second kappa shape index (κ2) is 8.08. The van der Waals surface area contributed by atoms with E-state index in [2.05, 4.69) is 0 Å². The second-order valence-electron chi connectivity index (χ2n) is 5.97. The van der Waals surface area contributed by atoms with Gasteiger partial charge in [0.05, 0.1) is 18.8 Å². The molecule has 28 heavy (non-hydrogen) atoms. The van der Waals surface area contributed by atoms with Gasteiger partial charge < -0.3 is 14.6 Å². The molecule has 0 spiro atoms. The molecule has 0 aliphatic rings. The molecule has 0 amide bonds. The highest BCUT2D eigenvalue weighted by Crippen LogP contribution is 2.42. The van der Waals surface area contributed by atoms with Gasteiger partial charge in [0.1, 0.15) is 17.1 Å². The fraction of sp³-hybridized carbons (Fsp3) is 0.182. The smallest absolute Gasteiger partial charge is 0.342 e. The third-order valence-electron chi connectivity index (χ3n) is 4.26. The molecule has 3 rings (SSSR count). The number of rotatable bonds is 5. The molecule has 0 unspecified atom stereocenters. The Bertz CT molecular complexity index is 1040. The van der Waals surface area contributed by atoms with Gasteiger partial charge >= 0.3 is 11.9 Å². The van der Waals surface area contributed by atoms with E-state index >= 15 is 0 Å². The number of esters is 2. The Labute approximate surface area is 161 Å². The molecule has 0 fully saturated rings. The van der Waals surface area contributed by atoms with Crippen molar-refractivity contribution in [2.75, 3.05) is 13.2 Å². The third kappa shape index (κ3) is 3.41. The summed E-state index contributed by atoms with van der Waals surface area (Å²) in [5, 5.41) is 11.3. The van der Waals surface area contributed by atoms with E-state index in [-0.39, 0.29) is 29.7 Å². The number of aromatic hydroxyl groups is 1. The van der Waals surface area contributed by atoms with Crippen LogP contribution in [-0.2, 0) is 9.47 Å². The van der Waals surface area contributed by atoms with Crippen molar-refractivity contribution in [2.24, 2.45) is 0 Å². The monoisotopic (exact) mass is 382 g/mol. The van der Waals surface area contributed by atoms with Gasteiger partial charge in [0, 0.05) is 10.9 Å². The van der Waals surface area contributed by atoms with Crippen LogP contribution in [0.25, 0.3) is 21.9 Å². The molecule has 0 saturated carbocycles. The van der Waals surface area contributed by atoms with E-state index in [4.69, 9.17) is 9.47 Å². The normalized spacial score (nSPS) is 10.7. The number of carbonyl (C=O) groups excluding carboxylic acids is 2. The van der Waals surface area contributed by atoms with Crippen LogP contribution >= 0.6 is 0 Å². The summed E-state index contributed by atoms with van der Waals surface area (Å²) in [5.74, 6) is -2.64. The van der Waals surface area contributed by atoms with Crippen LogP contribution in [0.5, 0.6) is 5.75 Å². The van der Waals surface area contributed by atoms with E-state index in [1.807, 2.05) is 0 Å². The van der Waals surface area contributed by atoms with Gasteiger partial charge in [-0.1, -0.05) is 30.3 Å². The number of hydrogen-bond donors (Lipinski definition) is 1. The van der Waals surface area contributed by atoms with Gasteiger partial charge in [-0.25, -0.2) is 14.0 Å². The molecule has 0 saturated heterocycles. The van der Waals surface area contributed by atoms with Crippen molar-refractivity contribution in [3.8, 4) is 16.9 Å². The van der Waals surface area contributed by atoms with Gasteiger partial charge in [0.25, 0.3) is 0 Å². The highest BCUT2D eigenvalue weighted by molar-refractivity contribution is 6.18. The van der Waals surface area contributed by atoms with Crippen LogP contribution in [-0.4, -0.2) is 30.3 Å². The van der Waals surface area contributed by atoms with Gasteiger partial charge in [0.15, 0.2) is 0 Å². The summed E-state index contributed by atoms with van der Waals surface area (Å²) in [5.41, 5.74) is 0.432. The first-order valence-electron chi connectivity index (χ1n) is 8.87. The molecule has 0 heterocycles. The van der Waals surface area contributed by atoms with Gasteiger partial charge in [-0.2, -0.15) is 0 Å². The van der Waals surface area contributed by atoms with Crippen LogP contribution in [0.1, 0.15) is 34.6 Å². The lowest BCUT2D eigenvalue weighted by atomic mass is 9.88. The average Bonchev–Trinajstić information content (AvgIpc) is 2.68. The number of fused-ring (bicyclic) bond motifs is 1. The maximum atomic E-state index is 14.0. The summed E-state index contributed by atoms with van der Waals surface area (Å²) < 4.78 is 24.2. The van der Waals surface area contributed by atoms with Crippen molar-refractivity contribution in [1.29, 1.82) is 0 Å². The SMILES string of the molecule is CCOC(=O)c1c(C(=O)OCC)c(-c2ccccc2)c2cc(F)ccc2c1O. The van der Waals surface area contributed by atoms with Crippen LogP contribution in [0.4, 0.5) is 4.39 Å². The Morgan fingerprint density at radius 1 is 0.893 bits per heavy atom. The number of hydrogen-bond acceptors (Lipinski definition) is 5. The second-order valence-corrected chi connectivity index (χ2v) is 5.97. The van der Waals surface area contributed by atoms with Crippen molar-refractivity contribution in [2.45, 2.75) is 13.8 Å². The number of phenolic OH excluding ortho intramolecular Hbond substituents is 1. The Morgan fingerprint density at radius 3 is 2.11 bits per heavy atom. The molecule has 3 aromatic carbocycles. The van der Waals surface area contributed by atoms with E-state index in [0.29, 0.717) is 16.5 Å². The number of halogens is 1. The number of benzene rings is 3. The minimum atomic E-state index is -0.855. The third-order valence-corrected chi connectivity index (χ3v) is 4.26. The molecule has 6 heteroatoms. The first-order chi connectivity index (χ1) is 13.5. The average molecular weight is 382 g/mol. The molecular formula is C22H19FO5. The summed E-state index contributed by atoms with van der Waals surface area (Å²) in [7, 11) is 0. The Hall–Kier alpha value is -3.41. The maximum absolute atomic E-state index is 14.0. The van der Waals surface area contributed by atoms with Crippen LogP contribution in [0.3, 0.4) is 0 Å². The van der Waals surface area contributed by atoms with Gasteiger partial charge in [-0.15, -0.1) is 0 Å². The van der Waals surface area contributed by atoms with E-state index in [0.717, 1.165) is 0 Å². The summed E-state index contributed by atoms with van der Waals surface area (Å²) in [6.07, 6.45) is 0. The molecule has 0 atom stereocenters. The largest absolute Gasteiger partial charge is 0.506 e. The van der Waals surface area contributed by atoms with Gasteiger partial charge in [-0.05, 0) is 43.0 Å². The van der Waals surface area contributed by atoms with E-state index in [9.17, 15) is 19.1 Å². The summed E-state index contributed by atoms with van der Waals surface area (Å²) in [4.78, 5) is 25.4. The zero-order valence-corrected chi connectivity index (χ0v) is 15.5. The number of ether oxygens (including phenoxy) is 2. The minimum Gasteiger partial charge on any atom is -0.506 e. The van der Waals surface area contributed by atoms with Crippen molar-refractivity contribution in [1.82, 2.24) is 0 Å². The van der Waals surface area contributed by atoms with Crippen LogP contribution in [0, 0.1) is 5.82 Å². The summed E-state index contributed by atoms with van der Waals surface area (Å²) in [6, 6.07) is 12.5. The molecule has 0 aliphatic heterocycles. The first-order valence-corrected chi connectivity index (χ1v) is 8.87. The Kier molecular flexibility index (Phi) is 5.59. The summed E-state index contributed by atoms with van der Waals surface area (Å²) in [6.45, 7) is 3.37. The van der Waals surface area contributed by atoms with Gasteiger partial charge in [-0.3, -0.25) is 0 Å². The van der Waals surface area contributed by atoms with Crippen molar-refractivity contribution < 1.29 is 28.6 Å².